The van der Waals surface area contributed by atoms with E-state index in [1.807, 2.05) is 13.8 Å². The molecule has 0 aromatic carbocycles. The highest BCUT2D eigenvalue weighted by Crippen LogP contribution is 2.06. The summed E-state index contributed by atoms with van der Waals surface area (Å²) in [6, 6.07) is -1.90. The summed E-state index contributed by atoms with van der Waals surface area (Å²) in [6.45, 7) is 3.70. The summed E-state index contributed by atoms with van der Waals surface area (Å²) < 4.78 is 0. The lowest BCUT2D eigenvalue weighted by atomic mass is 9.99. The Bertz CT molecular complexity index is 319. The third-order valence-corrected chi connectivity index (χ3v) is 2.85. The SMILES string of the molecule is CCC(C)[C@H](N)C(=O)NC(CCC(N)=O)C(=O)O. The van der Waals surface area contributed by atoms with Gasteiger partial charge in [-0.1, -0.05) is 20.3 Å². The van der Waals surface area contributed by atoms with Crippen molar-refractivity contribution in [1.29, 1.82) is 0 Å². The number of carbonyl (C=O) groups excluding carboxylic acids is 2. The second kappa shape index (κ2) is 7.65. The summed E-state index contributed by atoms with van der Waals surface area (Å²) in [6.07, 6.45) is 0.576. The maximum absolute atomic E-state index is 11.7. The number of nitrogens with one attached hydrogen (secondary N) is 1. The molecule has 0 aromatic rings. The van der Waals surface area contributed by atoms with Gasteiger partial charge in [0.1, 0.15) is 6.04 Å². The van der Waals surface area contributed by atoms with Gasteiger partial charge in [-0.25, -0.2) is 4.79 Å². The Morgan fingerprint density at radius 1 is 1.33 bits per heavy atom. The van der Waals surface area contributed by atoms with Crippen molar-refractivity contribution in [3.8, 4) is 0 Å². The van der Waals surface area contributed by atoms with Gasteiger partial charge >= 0.3 is 5.97 Å². The van der Waals surface area contributed by atoms with Crippen LogP contribution < -0.4 is 16.8 Å². The van der Waals surface area contributed by atoms with Gasteiger partial charge in [-0.05, 0) is 12.3 Å². The van der Waals surface area contributed by atoms with Crippen LogP contribution >= 0.6 is 0 Å². The van der Waals surface area contributed by atoms with E-state index < -0.39 is 29.9 Å². The summed E-state index contributed by atoms with van der Waals surface area (Å²) in [5, 5.41) is 11.2. The fourth-order valence-corrected chi connectivity index (χ4v) is 1.32. The predicted octanol–water partition coefficient (Wildman–Crippen LogP) is -0.805. The van der Waals surface area contributed by atoms with E-state index in [0.29, 0.717) is 6.42 Å². The van der Waals surface area contributed by atoms with Crippen molar-refractivity contribution < 1.29 is 19.5 Å². The first-order chi connectivity index (χ1) is 8.29. The first-order valence-corrected chi connectivity index (χ1v) is 5.86. The Hall–Kier alpha value is -1.63. The first-order valence-electron chi connectivity index (χ1n) is 5.86. The van der Waals surface area contributed by atoms with Crippen molar-refractivity contribution in [3.63, 3.8) is 0 Å². The number of aliphatic carboxylic acids is 1. The quantitative estimate of drug-likeness (QED) is 0.452. The molecule has 0 aromatic heterocycles. The van der Waals surface area contributed by atoms with E-state index in [0.717, 1.165) is 0 Å². The zero-order chi connectivity index (χ0) is 14.3. The number of carboxylic acids is 1. The average molecular weight is 259 g/mol. The molecular formula is C11H21N3O4. The largest absolute Gasteiger partial charge is 0.480 e. The molecule has 18 heavy (non-hydrogen) atoms. The number of primary amides is 1. The molecule has 3 atom stereocenters. The van der Waals surface area contributed by atoms with Crippen LogP contribution in [0.15, 0.2) is 0 Å². The third-order valence-electron chi connectivity index (χ3n) is 2.85. The van der Waals surface area contributed by atoms with Gasteiger partial charge in [0.2, 0.25) is 11.8 Å². The molecule has 0 rings (SSSR count). The number of carboxylic acid groups (broad SMARTS) is 1. The average Bonchev–Trinajstić information content (AvgIpc) is 2.31. The molecule has 104 valence electrons. The fourth-order valence-electron chi connectivity index (χ4n) is 1.32. The molecule has 0 radical (unpaired) electrons. The Balaban J connectivity index is 4.45. The third kappa shape index (κ3) is 5.62. The van der Waals surface area contributed by atoms with E-state index in [9.17, 15) is 14.4 Å². The fraction of sp³-hybridized carbons (Fsp3) is 0.727. The van der Waals surface area contributed by atoms with E-state index in [1.54, 1.807) is 0 Å². The highest BCUT2D eigenvalue weighted by atomic mass is 16.4. The molecular weight excluding hydrogens is 238 g/mol. The molecule has 6 N–H and O–H groups in total. The lowest BCUT2D eigenvalue weighted by Gasteiger charge is -2.20. The van der Waals surface area contributed by atoms with Crippen LogP contribution in [0.4, 0.5) is 0 Å². The number of nitrogens with two attached hydrogens (primary N) is 2. The van der Waals surface area contributed by atoms with Crippen LogP contribution in [0.3, 0.4) is 0 Å². The van der Waals surface area contributed by atoms with Crippen molar-refractivity contribution in [2.45, 2.75) is 45.2 Å². The predicted molar refractivity (Wildman–Crippen MR) is 65.4 cm³/mol. The van der Waals surface area contributed by atoms with E-state index in [-0.39, 0.29) is 18.8 Å². The maximum Gasteiger partial charge on any atom is 0.326 e. The van der Waals surface area contributed by atoms with Gasteiger partial charge in [0, 0.05) is 6.42 Å². The summed E-state index contributed by atoms with van der Waals surface area (Å²) in [7, 11) is 0. The van der Waals surface area contributed by atoms with Gasteiger partial charge in [0.25, 0.3) is 0 Å². The zero-order valence-electron chi connectivity index (χ0n) is 10.7. The lowest BCUT2D eigenvalue weighted by Crippen LogP contribution is -2.50. The second-order valence-corrected chi connectivity index (χ2v) is 4.32. The molecule has 0 saturated carbocycles. The number of carbonyl (C=O) groups is 3. The molecule has 0 aliphatic heterocycles. The highest BCUT2D eigenvalue weighted by molar-refractivity contribution is 5.87. The molecule has 7 nitrogen and oxygen atoms in total. The lowest BCUT2D eigenvalue weighted by molar-refractivity contribution is -0.142. The number of hydrogen-bond acceptors (Lipinski definition) is 4. The minimum atomic E-state index is -1.21. The van der Waals surface area contributed by atoms with Crippen molar-refractivity contribution in [2.75, 3.05) is 0 Å². The highest BCUT2D eigenvalue weighted by Gasteiger charge is 2.25. The summed E-state index contributed by atoms with van der Waals surface area (Å²) in [5.41, 5.74) is 10.6. The topological polar surface area (TPSA) is 136 Å². The Morgan fingerprint density at radius 3 is 2.28 bits per heavy atom. The molecule has 0 aliphatic rings. The molecule has 7 heteroatoms. The molecule has 0 heterocycles. The smallest absolute Gasteiger partial charge is 0.326 e. The minimum Gasteiger partial charge on any atom is -0.480 e. The van der Waals surface area contributed by atoms with Crippen LogP contribution in [0.25, 0.3) is 0 Å². The monoisotopic (exact) mass is 259 g/mol. The summed E-state index contributed by atoms with van der Waals surface area (Å²) >= 11 is 0. The zero-order valence-corrected chi connectivity index (χ0v) is 10.7. The van der Waals surface area contributed by atoms with Crippen LogP contribution in [0.5, 0.6) is 0 Å². The molecule has 2 amide bonds. The summed E-state index contributed by atoms with van der Waals surface area (Å²) in [5.74, 6) is -2.39. The van der Waals surface area contributed by atoms with Crippen LogP contribution in [-0.4, -0.2) is 35.0 Å². The van der Waals surface area contributed by atoms with Gasteiger partial charge in [-0.2, -0.15) is 0 Å². The normalized spacial score (nSPS) is 15.5. The van der Waals surface area contributed by atoms with E-state index in [2.05, 4.69) is 5.32 Å². The van der Waals surface area contributed by atoms with Gasteiger partial charge in [-0.3, -0.25) is 9.59 Å². The maximum atomic E-state index is 11.7. The van der Waals surface area contributed by atoms with Crippen LogP contribution in [-0.2, 0) is 14.4 Å². The van der Waals surface area contributed by atoms with E-state index >= 15 is 0 Å². The van der Waals surface area contributed by atoms with Gasteiger partial charge in [-0.15, -0.1) is 0 Å². The van der Waals surface area contributed by atoms with Crippen molar-refractivity contribution in [3.05, 3.63) is 0 Å². The van der Waals surface area contributed by atoms with Crippen molar-refractivity contribution in [2.24, 2.45) is 17.4 Å². The van der Waals surface area contributed by atoms with Gasteiger partial charge in [0.15, 0.2) is 0 Å². The van der Waals surface area contributed by atoms with Crippen LogP contribution in [0.2, 0.25) is 0 Å². The molecule has 0 bridgehead atoms. The summed E-state index contributed by atoms with van der Waals surface area (Å²) in [4.78, 5) is 33.2. The van der Waals surface area contributed by atoms with Crippen LogP contribution in [0, 0.1) is 5.92 Å². The molecule has 0 aliphatic carbocycles. The van der Waals surface area contributed by atoms with Crippen molar-refractivity contribution in [1.82, 2.24) is 5.32 Å². The Morgan fingerprint density at radius 2 is 1.89 bits per heavy atom. The number of rotatable bonds is 8. The standard InChI is InChI=1S/C11H21N3O4/c1-3-6(2)9(13)10(16)14-7(11(17)18)4-5-8(12)15/h6-7,9H,3-5,13H2,1-2H3,(H2,12,15)(H,14,16)(H,17,18)/t6?,7?,9-/m0/s1. The molecule has 0 fully saturated rings. The van der Waals surface area contributed by atoms with E-state index in [4.69, 9.17) is 16.6 Å². The van der Waals surface area contributed by atoms with Gasteiger partial charge < -0.3 is 21.9 Å². The molecule has 0 saturated heterocycles. The molecule has 2 unspecified atom stereocenters. The minimum absolute atomic E-state index is 0.0381. The van der Waals surface area contributed by atoms with Gasteiger partial charge in [0.05, 0.1) is 6.04 Å². The number of hydrogen-bond donors (Lipinski definition) is 4. The van der Waals surface area contributed by atoms with E-state index in [1.165, 1.54) is 0 Å². The molecule has 0 spiro atoms. The Labute approximate surface area is 106 Å². The first kappa shape index (κ1) is 16.4. The number of amides is 2. The van der Waals surface area contributed by atoms with Crippen molar-refractivity contribution >= 4 is 17.8 Å². The second-order valence-electron chi connectivity index (χ2n) is 4.32. The van der Waals surface area contributed by atoms with Crippen LogP contribution in [0.1, 0.15) is 33.1 Å². The Kier molecular flexibility index (Phi) is 6.96.